The molecule has 164 valence electrons. The Morgan fingerprint density at radius 1 is 1.06 bits per heavy atom. The van der Waals surface area contributed by atoms with Gasteiger partial charge in [0.1, 0.15) is 0 Å². The van der Waals surface area contributed by atoms with E-state index in [2.05, 4.69) is 10.6 Å². The maximum absolute atomic E-state index is 12.5. The Kier molecular flexibility index (Phi) is 8.04. The Labute approximate surface area is 183 Å². The average molecular weight is 423 g/mol. The predicted molar refractivity (Wildman–Crippen MR) is 119 cm³/mol. The first-order chi connectivity index (χ1) is 15.0. The summed E-state index contributed by atoms with van der Waals surface area (Å²) in [6, 6.07) is 18.9. The van der Waals surface area contributed by atoms with Crippen molar-refractivity contribution < 1.29 is 14.4 Å². The highest BCUT2D eigenvalue weighted by Crippen LogP contribution is 2.18. The van der Waals surface area contributed by atoms with Gasteiger partial charge in [0.15, 0.2) is 0 Å². The Balaban J connectivity index is 1.47. The molecular formula is C24H30N4O3. The Hall–Kier alpha value is -3.35. The third-order valence-electron chi connectivity index (χ3n) is 5.35. The molecule has 2 aromatic carbocycles. The maximum atomic E-state index is 12.5. The summed E-state index contributed by atoms with van der Waals surface area (Å²) in [5.41, 5.74) is 2.00. The molecule has 0 spiro atoms. The first-order valence-corrected chi connectivity index (χ1v) is 10.7. The molecule has 4 amide bonds. The average Bonchev–Trinajstić information content (AvgIpc) is 3.19. The molecule has 1 atom stereocenters. The number of nitrogens with one attached hydrogen (secondary N) is 2. The van der Waals surface area contributed by atoms with Crippen molar-refractivity contribution in [2.24, 2.45) is 0 Å². The van der Waals surface area contributed by atoms with Crippen LogP contribution in [0.25, 0.3) is 0 Å². The number of amides is 4. The van der Waals surface area contributed by atoms with Crippen LogP contribution in [0.5, 0.6) is 0 Å². The predicted octanol–water partition coefficient (Wildman–Crippen LogP) is 2.70. The van der Waals surface area contributed by atoms with Gasteiger partial charge in [0.05, 0.1) is 6.04 Å². The lowest BCUT2D eigenvalue weighted by Gasteiger charge is -2.25. The number of carbonyl (C=O) groups is 3. The van der Waals surface area contributed by atoms with E-state index in [9.17, 15) is 14.4 Å². The van der Waals surface area contributed by atoms with Crippen LogP contribution in [0.2, 0.25) is 0 Å². The standard InChI is InChI=1S/C24H30N4O3/c1-27(17-19-9-4-2-5-10-19)24(31)25-15-14-22(29)26-21(20-11-6-3-7-12-20)18-28-16-8-13-23(28)30/h2-7,9-12,21H,8,13-18H2,1H3,(H,25,31)(H,26,29). The summed E-state index contributed by atoms with van der Waals surface area (Å²) in [5.74, 6) is -0.0320. The first kappa shape index (κ1) is 22.3. The number of rotatable bonds is 9. The molecule has 0 aliphatic carbocycles. The lowest BCUT2D eigenvalue weighted by Crippen LogP contribution is -2.41. The van der Waals surface area contributed by atoms with Crippen molar-refractivity contribution >= 4 is 17.8 Å². The van der Waals surface area contributed by atoms with Crippen molar-refractivity contribution in [1.82, 2.24) is 20.4 Å². The molecule has 0 saturated carbocycles. The van der Waals surface area contributed by atoms with Gasteiger partial charge in [-0.2, -0.15) is 0 Å². The minimum Gasteiger partial charge on any atom is -0.347 e. The molecule has 7 nitrogen and oxygen atoms in total. The number of hydrogen-bond acceptors (Lipinski definition) is 3. The first-order valence-electron chi connectivity index (χ1n) is 10.7. The third-order valence-corrected chi connectivity index (χ3v) is 5.35. The second kappa shape index (κ2) is 11.2. The molecule has 2 aromatic rings. The van der Waals surface area contributed by atoms with E-state index < -0.39 is 0 Å². The van der Waals surface area contributed by atoms with Crippen LogP contribution in [0.15, 0.2) is 60.7 Å². The molecule has 2 N–H and O–H groups in total. The SMILES string of the molecule is CN(Cc1ccccc1)C(=O)NCCC(=O)NC(CN1CCCC1=O)c1ccccc1. The number of benzene rings is 2. The topological polar surface area (TPSA) is 81.8 Å². The lowest BCUT2D eigenvalue weighted by atomic mass is 10.1. The molecule has 1 aliphatic rings. The van der Waals surface area contributed by atoms with Crippen LogP contribution in [0.4, 0.5) is 4.79 Å². The van der Waals surface area contributed by atoms with Crippen molar-refractivity contribution in [2.75, 3.05) is 26.7 Å². The molecule has 0 bridgehead atoms. The van der Waals surface area contributed by atoms with Crippen LogP contribution >= 0.6 is 0 Å². The van der Waals surface area contributed by atoms with Crippen molar-refractivity contribution in [3.8, 4) is 0 Å². The fourth-order valence-corrected chi connectivity index (χ4v) is 3.65. The fraction of sp³-hybridized carbons (Fsp3) is 0.375. The zero-order valence-electron chi connectivity index (χ0n) is 17.9. The normalized spacial score (nSPS) is 14.2. The molecule has 7 heteroatoms. The van der Waals surface area contributed by atoms with Gasteiger partial charge in [0, 0.05) is 46.1 Å². The van der Waals surface area contributed by atoms with Gasteiger partial charge in [0.25, 0.3) is 0 Å². The van der Waals surface area contributed by atoms with E-state index >= 15 is 0 Å². The minimum atomic E-state index is -0.271. The summed E-state index contributed by atoms with van der Waals surface area (Å²) in [4.78, 5) is 40.2. The number of hydrogen-bond donors (Lipinski definition) is 2. The van der Waals surface area contributed by atoms with E-state index in [0.29, 0.717) is 19.5 Å². The molecule has 3 rings (SSSR count). The highest BCUT2D eigenvalue weighted by atomic mass is 16.2. The zero-order valence-corrected chi connectivity index (χ0v) is 17.9. The second-order valence-electron chi connectivity index (χ2n) is 7.80. The van der Waals surface area contributed by atoms with Crippen LogP contribution in [0.3, 0.4) is 0 Å². The summed E-state index contributed by atoms with van der Waals surface area (Å²) in [6.45, 7) is 1.93. The third kappa shape index (κ3) is 6.84. The van der Waals surface area contributed by atoms with Crippen LogP contribution in [0.1, 0.15) is 36.4 Å². The Morgan fingerprint density at radius 2 is 1.74 bits per heavy atom. The smallest absolute Gasteiger partial charge is 0.317 e. The number of nitrogens with zero attached hydrogens (tertiary/aromatic N) is 2. The molecule has 1 unspecified atom stereocenters. The molecule has 1 saturated heterocycles. The second-order valence-corrected chi connectivity index (χ2v) is 7.80. The molecule has 1 heterocycles. The summed E-state index contributed by atoms with van der Waals surface area (Å²) in [6.07, 6.45) is 1.59. The van der Waals surface area contributed by atoms with Gasteiger partial charge in [-0.05, 0) is 17.5 Å². The van der Waals surface area contributed by atoms with Crippen LogP contribution in [-0.2, 0) is 16.1 Å². The van der Waals surface area contributed by atoms with E-state index in [1.54, 1.807) is 16.8 Å². The highest BCUT2D eigenvalue weighted by Gasteiger charge is 2.25. The van der Waals surface area contributed by atoms with Gasteiger partial charge in [0.2, 0.25) is 11.8 Å². The monoisotopic (exact) mass is 422 g/mol. The van der Waals surface area contributed by atoms with Gasteiger partial charge < -0.3 is 20.4 Å². The Bertz CT molecular complexity index is 873. The lowest BCUT2D eigenvalue weighted by molar-refractivity contribution is -0.129. The molecule has 0 aromatic heterocycles. The quantitative estimate of drug-likeness (QED) is 0.652. The van der Waals surface area contributed by atoms with Crippen molar-refractivity contribution in [2.45, 2.75) is 31.8 Å². The number of carbonyl (C=O) groups excluding carboxylic acids is 3. The van der Waals surface area contributed by atoms with Crippen LogP contribution < -0.4 is 10.6 Å². The zero-order chi connectivity index (χ0) is 22.1. The maximum Gasteiger partial charge on any atom is 0.317 e. The minimum absolute atomic E-state index is 0.129. The van der Waals surface area contributed by atoms with Gasteiger partial charge in [-0.3, -0.25) is 9.59 Å². The summed E-state index contributed by atoms with van der Waals surface area (Å²) in [7, 11) is 1.72. The fourth-order valence-electron chi connectivity index (χ4n) is 3.65. The summed E-state index contributed by atoms with van der Waals surface area (Å²) < 4.78 is 0. The van der Waals surface area contributed by atoms with E-state index in [0.717, 1.165) is 24.1 Å². The molecule has 31 heavy (non-hydrogen) atoms. The Morgan fingerprint density at radius 3 is 2.39 bits per heavy atom. The van der Waals surface area contributed by atoms with Crippen molar-refractivity contribution in [3.05, 3.63) is 71.8 Å². The summed E-state index contributed by atoms with van der Waals surface area (Å²) in [5, 5.41) is 5.81. The largest absolute Gasteiger partial charge is 0.347 e. The van der Waals surface area contributed by atoms with Gasteiger partial charge in [-0.1, -0.05) is 60.7 Å². The van der Waals surface area contributed by atoms with Crippen molar-refractivity contribution in [3.63, 3.8) is 0 Å². The summed E-state index contributed by atoms with van der Waals surface area (Å²) >= 11 is 0. The van der Waals surface area contributed by atoms with Gasteiger partial charge in [-0.15, -0.1) is 0 Å². The molecular weight excluding hydrogens is 392 g/mol. The van der Waals surface area contributed by atoms with E-state index in [1.807, 2.05) is 60.7 Å². The van der Waals surface area contributed by atoms with Gasteiger partial charge in [-0.25, -0.2) is 4.79 Å². The van der Waals surface area contributed by atoms with E-state index in [4.69, 9.17) is 0 Å². The molecule has 1 aliphatic heterocycles. The van der Waals surface area contributed by atoms with Gasteiger partial charge >= 0.3 is 6.03 Å². The highest BCUT2D eigenvalue weighted by molar-refractivity contribution is 5.79. The van der Waals surface area contributed by atoms with Crippen LogP contribution in [0, 0.1) is 0 Å². The molecule has 1 fully saturated rings. The van der Waals surface area contributed by atoms with Crippen molar-refractivity contribution in [1.29, 1.82) is 0 Å². The van der Waals surface area contributed by atoms with Crippen LogP contribution in [-0.4, -0.2) is 54.3 Å². The number of urea groups is 1. The van der Waals surface area contributed by atoms with E-state index in [1.165, 1.54) is 0 Å². The number of likely N-dealkylation sites (tertiary alicyclic amines) is 1. The van der Waals surface area contributed by atoms with E-state index in [-0.39, 0.29) is 36.9 Å². The molecule has 0 radical (unpaired) electrons.